The molecule has 0 aromatic heterocycles. The molecule has 1 aliphatic heterocycles. The molecule has 3 rings (SSSR count). The fourth-order valence-corrected chi connectivity index (χ4v) is 2.90. The van der Waals surface area contributed by atoms with E-state index in [1.807, 2.05) is 12.1 Å². The minimum absolute atomic E-state index is 0. The van der Waals surface area contributed by atoms with Crippen LogP contribution in [0.25, 0.3) is 0 Å². The molecule has 2 unspecified atom stereocenters. The van der Waals surface area contributed by atoms with Gasteiger partial charge in [-0.05, 0) is 11.1 Å². The number of hydrogen-bond acceptors (Lipinski definition) is 2. The Kier molecular flexibility index (Phi) is 5.79. The molecular weight excluding hydrogens is 387 g/mol. The van der Waals surface area contributed by atoms with Gasteiger partial charge in [0.2, 0.25) is 0 Å². The van der Waals surface area contributed by atoms with Crippen LogP contribution in [0.5, 0.6) is 0 Å². The monoisotopic (exact) mass is 408 g/mol. The summed E-state index contributed by atoms with van der Waals surface area (Å²) in [7, 11) is 0. The van der Waals surface area contributed by atoms with Gasteiger partial charge in [-0.2, -0.15) is 0 Å². The first-order chi connectivity index (χ1) is 10.3. The predicted molar refractivity (Wildman–Crippen MR) is 101 cm³/mol. The van der Waals surface area contributed by atoms with Crippen LogP contribution in [-0.4, -0.2) is 23.9 Å². The smallest absolute Gasteiger partial charge is 0.185 e. The largest absolute Gasteiger partial charge is 0.370 e. The molecule has 0 amide bonds. The summed E-state index contributed by atoms with van der Waals surface area (Å²) in [5, 5.41) is 0. The molecule has 1 fully saturated rings. The van der Waals surface area contributed by atoms with Gasteiger partial charge in [0, 0.05) is 6.54 Å². The summed E-state index contributed by atoms with van der Waals surface area (Å²) in [4.78, 5) is 6.52. The lowest BCUT2D eigenvalue weighted by molar-refractivity contribution is 0.496. The summed E-state index contributed by atoms with van der Waals surface area (Å²) >= 11 is 0. The molecule has 1 aliphatic rings. The number of rotatable bonds is 5. The lowest BCUT2D eigenvalue weighted by Crippen LogP contribution is -2.24. The van der Waals surface area contributed by atoms with E-state index in [-0.39, 0.29) is 29.9 Å². The molecule has 0 aliphatic carbocycles. The third-order valence-electron chi connectivity index (χ3n) is 3.86. The number of nitrogens with zero attached hydrogens (tertiary/aromatic N) is 2. The van der Waals surface area contributed by atoms with Crippen molar-refractivity contribution in [2.45, 2.75) is 12.1 Å². The maximum atomic E-state index is 5.40. The molecule has 0 radical (unpaired) electrons. The van der Waals surface area contributed by atoms with Gasteiger partial charge in [-0.25, -0.2) is 0 Å². The van der Waals surface area contributed by atoms with Crippen LogP contribution >= 0.6 is 24.0 Å². The number of hydrogen-bond donors (Lipinski definition) is 2. The van der Waals surface area contributed by atoms with Crippen LogP contribution in [0.1, 0.15) is 23.2 Å². The van der Waals surface area contributed by atoms with E-state index in [4.69, 9.17) is 11.5 Å². The average Bonchev–Trinajstić information content (AvgIpc) is 3.23. The van der Waals surface area contributed by atoms with Crippen molar-refractivity contribution in [2.24, 2.45) is 16.5 Å². The third-order valence-corrected chi connectivity index (χ3v) is 3.86. The Morgan fingerprint density at radius 2 is 1.32 bits per heavy atom. The summed E-state index contributed by atoms with van der Waals surface area (Å²) in [5.74, 6) is 0.157. The zero-order valence-electron chi connectivity index (χ0n) is 12.3. The second kappa shape index (κ2) is 7.60. The molecule has 2 atom stereocenters. The van der Waals surface area contributed by atoms with Crippen molar-refractivity contribution in [1.82, 2.24) is 4.90 Å². The van der Waals surface area contributed by atoms with Gasteiger partial charge in [-0.15, -0.1) is 24.0 Å². The van der Waals surface area contributed by atoms with E-state index in [2.05, 4.69) is 58.4 Å². The standard InChI is InChI=1S/C17H20N4.HI/c18-17(19)20-11-12-21-15(13-7-3-1-4-8-13)16(21)14-9-5-2-6-10-14;/h1-10,15-16H,11-12H2,(H4,18,19,20);1H. The van der Waals surface area contributed by atoms with Crippen LogP contribution in [0, 0.1) is 0 Å². The van der Waals surface area contributed by atoms with E-state index in [9.17, 15) is 0 Å². The lowest BCUT2D eigenvalue weighted by Gasteiger charge is -2.02. The van der Waals surface area contributed by atoms with Crippen molar-refractivity contribution in [2.75, 3.05) is 13.1 Å². The first kappa shape index (κ1) is 16.8. The molecule has 1 heterocycles. The average molecular weight is 408 g/mol. The molecule has 22 heavy (non-hydrogen) atoms. The first-order valence-corrected chi connectivity index (χ1v) is 7.18. The third kappa shape index (κ3) is 3.78. The van der Waals surface area contributed by atoms with Gasteiger partial charge in [0.05, 0.1) is 18.6 Å². The second-order valence-corrected chi connectivity index (χ2v) is 5.26. The minimum atomic E-state index is 0. The van der Waals surface area contributed by atoms with Crippen molar-refractivity contribution < 1.29 is 0 Å². The topological polar surface area (TPSA) is 67.4 Å². The molecule has 1 saturated heterocycles. The maximum Gasteiger partial charge on any atom is 0.185 e. The lowest BCUT2D eigenvalue weighted by atomic mass is 10.0. The molecule has 2 aromatic rings. The van der Waals surface area contributed by atoms with Gasteiger partial charge in [0.15, 0.2) is 5.96 Å². The number of guanidine groups is 1. The number of benzene rings is 2. The van der Waals surface area contributed by atoms with Crippen LogP contribution in [0.4, 0.5) is 0 Å². The Morgan fingerprint density at radius 1 is 0.864 bits per heavy atom. The van der Waals surface area contributed by atoms with Crippen molar-refractivity contribution in [3.05, 3.63) is 71.8 Å². The fourth-order valence-electron chi connectivity index (χ4n) is 2.90. The quantitative estimate of drug-likeness (QED) is 0.346. The summed E-state index contributed by atoms with van der Waals surface area (Å²) in [6, 6.07) is 22.0. The van der Waals surface area contributed by atoms with Crippen LogP contribution in [0.2, 0.25) is 0 Å². The molecule has 2 aromatic carbocycles. The summed E-state index contributed by atoms with van der Waals surface area (Å²) in [5.41, 5.74) is 13.5. The van der Waals surface area contributed by atoms with E-state index < -0.39 is 0 Å². The molecule has 116 valence electrons. The highest BCUT2D eigenvalue weighted by molar-refractivity contribution is 14.0. The Balaban J connectivity index is 0.00000176. The fraction of sp³-hybridized carbons (Fsp3) is 0.235. The van der Waals surface area contributed by atoms with E-state index in [1.165, 1.54) is 11.1 Å². The first-order valence-electron chi connectivity index (χ1n) is 7.18. The second-order valence-electron chi connectivity index (χ2n) is 5.26. The van der Waals surface area contributed by atoms with Crippen molar-refractivity contribution >= 4 is 29.9 Å². The molecule has 0 spiro atoms. The van der Waals surface area contributed by atoms with Crippen molar-refractivity contribution in [3.63, 3.8) is 0 Å². The zero-order valence-corrected chi connectivity index (χ0v) is 14.6. The number of nitrogens with two attached hydrogens (primary N) is 2. The minimum Gasteiger partial charge on any atom is -0.370 e. The summed E-state index contributed by atoms with van der Waals surface area (Å²) in [6.07, 6.45) is 0. The van der Waals surface area contributed by atoms with E-state index in [0.29, 0.717) is 18.6 Å². The molecule has 5 heteroatoms. The highest BCUT2D eigenvalue weighted by Gasteiger charge is 2.48. The van der Waals surface area contributed by atoms with Crippen LogP contribution in [0.3, 0.4) is 0 Å². The van der Waals surface area contributed by atoms with Gasteiger partial charge in [-0.3, -0.25) is 9.89 Å². The van der Waals surface area contributed by atoms with Crippen LogP contribution in [0.15, 0.2) is 65.7 Å². The van der Waals surface area contributed by atoms with Gasteiger partial charge in [0.1, 0.15) is 0 Å². The number of aliphatic imine (C=N–C) groups is 1. The predicted octanol–water partition coefficient (Wildman–Crippen LogP) is 2.68. The van der Waals surface area contributed by atoms with Crippen molar-refractivity contribution in [1.29, 1.82) is 0 Å². The summed E-state index contributed by atoms with van der Waals surface area (Å²) in [6.45, 7) is 1.49. The van der Waals surface area contributed by atoms with E-state index in [1.54, 1.807) is 0 Å². The molecule has 4 nitrogen and oxygen atoms in total. The van der Waals surface area contributed by atoms with E-state index >= 15 is 0 Å². The number of halogens is 1. The highest BCUT2D eigenvalue weighted by Crippen LogP contribution is 2.53. The molecule has 0 saturated carbocycles. The van der Waals surface area contributed by atoms with Gasteiger partial charge >= 0.3 is 0 Å². The Bertz CT molecular complexity index is 566. The highest BCUT2D eigenvalue weighted by atomic mass is 127. The Labute approximate surface area is 148 Å². The van der Waals surface area contributed by atoms with Crippen LogP contribution in [-0.2, 0) is 0 Å². The maximum absolute atomic E-state index is 5.40. The van der Waals surface area contributed by atoms with Crippen molar-refractivity contribution in [3.8, 4) is 0 Å². The Morgan fingerprint density at radius 3 is 1.73 bits per heavy atom. The Hall–Kier alpha value is -1.60. The van der Waals surface area contributed by atoms with Crippen LogP contribution < -0.4 is 11.5 Å². The SMILES string of the molecule is I.NC(N)=NCCN1C(c2ccccc2)C1c1ccccc1. The zero-order chi connectivity index (χ0) is 14.7. The van der Waals surface area contributed by atoms with Gasteiger partial charge in [-0.1, -0.05) is 60.7 Å². The normalized spacial score (nSPS) is 22.5. The molecule has 0 bridgehead atoms. The molecular formula is C17H21IN4. The summed E-state index contributed by atoms with van der Waals surface area (Å²) < 4.78 is 0. The van der Waals surface area contributed by atoms with E-state index in [0.717, 1.165) is 6.54 Å². The van der Waals surface area contributed by atoms with Gasteiger partial charge < -0.3 is 11.5 Å². The molecule has 4 N–H and O–H groups in total. The van der Waals surface area contributed by atoms with Gasteiger partial charge in [0.25, 0.3) is 0 Å².